The van der Waals surface area contributed by atoms with Gasteiger partial charge in [0.2, 0.25) is 0 Å². The van der Waals surface area contributed by atoms with Crippen molar-refractivity contribution in [3.8, 4) is 5.75 Å². The van der Waals surface area contributed by atoms with E-state index in [4.69, 9.17) is 16.2 Å². The summed E-state index contributed by atoms with van der Waals surface area (Å²) in [7, 11) is 0. The van der Waals surface area contributed by atoms with Gasteiger partial charge in [0, 0.05) is 0 Å². The second-order valence-corrected chi connectivity index (χ2v) is 3.70. The highest BCUT2D eigenvalue weighted by molar-refractivity contribution is 5.95. The number of carbonyl (C=O) groups is 1. The number of hydrogen-bond donors (Lipinski definition) is 2. The van der Waals surface area contributed by atoms with Gasteiger partial charge in [-0.3, -0.25) is 4.79 Å². The summed E-state index contributed by atoms with van der Waals surface area (Å²) >= 11 is 0. The van der Waals surface area contributed by atoms with Crippen LogP contribution in [0, 0.1) is 0 Å². The van der Waals surface area contributed by atoms with Gasteiger partial charge in [0.1, 0.15) is 12.4 Å². The molecule has 0 saturated carbocycles. The van der Waals surface area contributed by atoms with Crippen LogP contribution in [0.25, 0.3) is 0 Å². The summed E-state index contributed by atoms with van der Waals surface area (Å²) in [5, 5.41) is 0. The summed E-state index contributed by atoms with van der Waals surface area (Å²) < 4.78 is 7.10. The summed E-state index contributed by atoms with van der Waals surface area (Å²) in [6.45, 7) is 0.859. The zero-order chi connectivity index (χ0) is 13.0. The van der Waals surface area contributed by atoms with Crippen LogP contribution in [-0.2, 0) is 6.54 Å². The molecule has 2 rings (SSSR count). The van der Waals surface area contributed by atoms with Crippen molar-refractivity contribution < 1.29 is 9.53 Å². The van der Waals surface area contributed by atoms with Crippen molar-refractivity contribution in [3.63, 3.8) is 0 Å². The molecule has 0 radical (unpaired) electrons. The highest BCUT2D eigenvalue weighted by atomic mass is 16.5. The van der Waals surface area contributed by atoms with Crippen LogP contribution in [0.3, 0.4) is 0 Å². The number of primary amides is 1. The summed E-state index contributed by atoms with van der Waals surface area (Å²) in [6, 6.07) is 9.40. The standard InChI is InChI=1S/C12H14N4O2/c13-11-10(12(14)17)16(8-15-11)6-7-18-9-4-2-1-3-5-9/h1-5,8H,6-7,13H2,(H2,14,17). The normalized spacial score (nSPS) is 10.2. The quantitative estimate of drug-likeness (QED) is 0.809. The van der Waals surface area contributed by atoms with Gasteiger partial charge in [0.25, 0.3) is 5.91 Å². The summed E-state index contributed by atoms with van der Waals surface area (Å²) in [4.78, 5) is 15.0. The number of imidazole rings is 1. The molecule has 0 aliphatic carbocycles. The van der Waals surface area contributed by atoms with Gasteiger partial charge in [0.15, 0.2) is 11.5 Å². The Balaban J connectivity index is 1.97. The molecule has 6 heteroatoms. The third kappa shape index (κ3) is 2.60. The predicted octanol–water partition coefficient (Wildman–Crippen LogP) is 0.643. The van der Waals surface area contributed by atoms with Crippen molar-refractivity contribution in [3.05, 3.63) is 42.4 Å². The van der Waals surface area contributed by atoms with E-state index in [0.29, 0.717) is 13.2 Å². The third-order valence-electron chi connectivity index (χ3n) is 2.44. The average molecular weight is 246 g/mol. The maximum Gasteiger partial charge on any atom is 0.269 e. The lowest BCUT2D eigenvalue weighted by Gasteiger charge is -2.08. The molecule has 0 aliphatic heterocycles. The van der Waals surface area contributed by atoms with E-state index in [9.17, 15) is 4.79 Å². The summed E-state index contributed by atoms with van der Waals surface area (Å²) in [6.07, 6.45) is 1.48. The van der Waals surface area contributed by atoms with E-state index in [1.165, 1.54) is 6.33 Å². The smallest absolute Gasteiger partial charge is 0.269 e. The lowest BCUT2D eigenvalue weighted by atomic mass is 10.3. The number of nitrogens with zero attached hydrogens (tertiary/aromatic N) is 2. The molecule has 1 aromatic heterocycles. The van der Waals surface area contributed by atoms with Crippen LogP contribution in [0.4, 0.5) is 5.82 Å². The van der Waals surface area contributed by atoms with Crippen LogP contribution >= 0.6 is 0 Å². The zero-order valence-electron chi connectivity index (χ0n) is 9.74. The molecule has 0 unspecified atom stereocenters. The first-order chi connectivity index (χ1) is 8.68. The number of nitrogen functional groups attached to an aromatic ring is 1. The molecule has 0 fully saturated rings. The minimum absolute atomic E-state index is 0.141. The average Bonchev–Trinajstić information content (AvgIpc) is 2.72. The Bertz CT molecular complexity index is 536. The van der Waals surface area contributed by atoms with Gasteiger partial charge in [-0.1, -0.05) is 18.2 Å². The summed E-state index contributed by atoms with van der Waals surface area (Å²) in [5.41, 5.74) is 11.0. The van der Waals surface area contributed by atoms with Crippen LogP contribution < -0.4 is 16.2 Å². The van der Waals surface area contributed by atoms with Crippen molar-refractivity contribution in [2.24, 2.45) is 5.73 Å². The molecule has 1 heterocycles. The highest BCUT2D eigenvalue weighted by Gasteiger charge is 2.13. The van der Waals surface area contributed by atoms with Crippen molar-refractivity contribution in [1.82, 2.24) is 9.55 Å². The number of hydrogen-bond acceptors (Lipinski definition) is 4. The highest BCUT2D eigenvalue weighted by Crippen LogP contribution is 2.10. The number of rotatable bonds is 5. The van der Waals surface area contributed by atoms with E-state index in [1.54, 1.807) is 4.57 Å². The summed E-state index contributed by atoms with van der Waals surface area (Å²) in [5.74, 6) is 0.318. The largest absolute Gasteiger partial charge is 0.492 e. The Labute approximate surface area is 104 Å². The van der Waals surface area contributed by atoms with Crippen molar-refractivity contribution in [1.29, 1.82) is 0 Å². The lowest BCUT2D eigenvalue weighted by Crippen LogP contribution is -2.20. The van der Waals surface area contributed by atoms with Crippen molar-refractivity contribution in [2.45, 2.75) is 6.54 Å². The van der Waals surface area contributed by atoms with Gasteiger partial charge in [-0.25, -0.2) is 4.98 Å². The fourth-order valence-corrected chi connectivity index (χ4v) is 1.61. The lowest BCUT2D eigenvalue weighted by molar-refractivity contribution is 0.0991. The Morgan fingerprint density at radius 3 is 2.72 bits per heavy atom. The number of amides is 1. The van der Waals surface area contributed by atoms with Crippen LogP contribution in [0.2, 0.25) is 0 Å². The Morgan fingerprint density at radius 1 is 1.33 bits per heavy atom. The van der Waals surface area contributed by atoms with Gasteiger partial charge in [0.05, 0.1) is 12.9 Å². The van der Waals surface area contributed by atoms with Gasteiger partial charge in [-0.15, -0.1) is 0 Å². The molecule has 4 N–H and O–H groups in total. The van der Waals surface area contributed by atoms with E-state index in [-0.39, 0.29) is 11.5 Å². The first-order valence-corrected chi connectivity index (χ1v) is 5.46. The molecule has 6 nitrogen and oxygen atoms in total. The molecule has 2 aromatic rings. The van der Waals surface area contributed by atoms with E-state index in [2.05, 4.69) is 4.98 Å². The second-order valence-electron chi connectivity index (χ2n) is 3.70. The fraction of sp³-hybridized carbons (Fsp3) is 0.167. The molecule has 0 atom stereocenters. The molecule has 1 aromatic carbocycles. The maximum absolute atomic E-state index is 11.2. The SMILES string of the molecule is NC(=O)c1c(N)ncn1CCOc1ccccc1. The van der Waals surface area contributed by atoms with E-state index in [1.807, 2.05) is 30.3 Å². The first-order valence-electron chi connectivity index (χ1n) is 5.46. The topological polar surface area (TPSA) is 96.2 Å². The molecule has 0 spiro atoms. The Morgan fingerprint density at radius 2 is 2.06 bits per heavy atom. The van der Waals surface area contributed by atoms with Crippen LogP contribution in [0.15, 0.2) is 36.7 Å². The number of anilines is 1. The zero-order valence-corrected chi connectivity index (χ0v) is 9.74. The van der Waals surface area contributed by atoms with Crippen LogP contribution in [0.1, 0.15) is 10.5 Å². The van der Waals surface area contributed by atoms with Gasteiger partial charge < -0.3 is 20.8 Å². The van der Waals surface area contributed by atoms with E-state index < -0.39 is 5.91 Å². The van der Waals surface area contributed by atoms with Crippen LogP contribution in [0.5, 0.6) is 5.75 Å². The molecule has 0 saturated heterocycles. The predicted molar refractivity (Wildman–Crippen MR) is 67.1 cm³/mol. The number of ether oxygens (including phenoxy) is 1. The van der Waals surface area contributed by atoms with E-state index in [0.717, 1.165) is 5.75 Å². The van der Waals surface area contributed by atoms with Gasteiger partial charge >= 0.3 is 0 Å². The molecular weight excluding hydrogens is 232 g/mol. The number of carbonyl (C=O) groups excluding carboxylic acids is 1. The van der Waals surface area contributed by atoms with Gasteiger partial charge in [-0.2, -0.15) is 0 Å². The van der Waals surface area contributed by atoms with E-state index >= 15 is 0 Å². The first kappa shape index (κ1) is 12.0. The Kier molecular flexibility index (Phi) is 3.47. The molecule has 18 heavy (non-hydrogen) atoms. The number of nitrogens with two attached hydrogens (primary N) is 2. The minimum Gasteiger partial charge on any atom is -0.492 e. The number of benzene rings is 1. The molecule has 94 valence electrons. The molecular formula is C12H14N4O2. The molecule has 1 amide bonds. The maximum atomic E-state index is 11.2. The number of para-hydroxylation sites is 1. The van der Waals surface area contributed by atoms with Gasteiger partial charge in [-0.05, 0) is 12.1 Å². The second kappa shape index (κ2) is 5.22. The van der Waals surface area contributed by atoms with Crippen molar-refractivity contribution in [2.75, 3.05) is 12.3 Å². The molecule has 0 aliphatic rings. The number of aromatic nitrogens is 2. The van der Waals surface area contributed by atoms with Crippen molar-refractivity contribution >= 4 is 11.7 Å². The third-order valence-corrected chi connectivity index (χ3v) is 2.44. The van der Waals surface area contributed by atoms with Crippen LogP contribution in [-0.4, -0.2) is 22.1 Å². The minimum atomic E-state index is -0.593. The molecule has 0 bridgehead atoms. The monoisotopic (exact) mass is 246 g/mol. The Hall–Kier alpha value is -2.50. The fourth-order valence-electron chi connectivity index (χ4n) is 1.61.